The molecule has 0 aliphatic carbocycles. The van der Waals surface area contributed by atoms with Crippen LogP contribution in [0.4, 0.5) is 10.1 Å². The number of aromatic nitrogens is 2. The van der Waals surface area contributed by atoms with E-state index in [1.807, 2.05) is 26.0 Å². The largest absolute Gasteiger partial charge is 0.396 e. The third kappa shape index (κ3) is 2.65. The highest BCUT2D eigenvalue weighted by Gasteiger charge is 2.10. The molecule has 0 saturated heterocycles. The molecule has 0 aliphatic rings. The second-order valence-corrected chi connectivity index (χ2v) is 5.23. The molecule has 21 heavy (non-hydrogen) atoms. The number of nitrogens with zero attached hydrogens (tertiary/aromatic N) is 2. The predicted molar refractivity (Wildman–Crippen MR) is 82.8 cm³/mol. The predicted octanol–water partition coefficient (Wildman–Crippen LogP) is 3.88. The number of hydrogen-bond donors (Lipinski definition) is 1. The van der Waals surface area contributed by atoms with Crippen molar-refractivity contribution in [3.63, 3.8) is 0 Å². The van der Waals surface area contributed by atoms with Gasteiger partial charge in [0.05, 0.1) is 17.6 Å². The number of rotatable bonds is 2. The number of aryl methyl sites for hydroxylation is 2. The Balaban J connectivity index is 2.09. The van der Waals surface area contributed by atoms with E-state index in [0.717, 1.165) is 16.8 Å². The molecule has 0 amide bonds. The van der Waals surface area contributed by atoms with Gasteiger partial charge in [0.1, 0.15) is 11.5 Å². The van der Waals surface area contributed by atoms with E-state index in [0.29, 0.717) is 16.9 Å². The molecule has 0 spiro atoms. The molecule has 4 heteroatoms. The van der Waals surface area contributed by atoms with E-state index >= 15 is 0 Å². The van der Waals surface area contributed by atoms with Crippen molar-refractivity contribution < 1.29 is 4.39 Å². The van der Waals surface area contributed by atoms with Gasteiger partial charge in [-0.2, -0.15) is 5.10 Å². The minimum Gasteiger partial charge on any atom is -0.396 e. The Morgan fingerprint density at radius 2 is 1.76 bits per heavy atom. The minimum atomic E-state index is -0.298. The van der Waals surface area contributed by atoms with Gasteiger partial charge in [-0.25, -0.2) is 9.07 Å². The SMILES string of the molecule is Cc1cc(C)cc(-n2cc(N)c(-c3cccc(F)c3)n2)c1. The van der Waals surface area contributed by atoms with Crippen molar-refractivity contribution in [3.05, 3.63) is 65.6 Å². The highest BCUT2D eigenvalue weighted by atomic mass is 19.1. The van der Waals surface area contributed by atoms with E-state index in [2.05, 4.69) is 11.2 Å². The molecular formula is C17H16FN3. The summed E-state index contributed by atoms with van der Waals surface area (Å²) in [4.78, 5) is 0. The Labute approximate surface area is 122 Å². The first-order chi connectivity index (χ1) is 10.0. The number of hydrogen-bond acceptors (Lipinski definition) is 2. The topological polar surface area (TPSA) is 43.8 Å². The smallest absolute Gasteiger partial charge is 0.123 e. The monoisotopic (exact) mass is 281 g/mol. The van der Waals surface area contributed by atoms with Gasteiger partial charge in [-0.05, 0) is 49.2 Å². The summed E-state index contributed by atoms with van der Waals surface area (Å²) in [5.74, 6) is -0.298. The second kappa shape index (κ2) is 5.05. The number of nitrogens with two attached hydrogens (primary N) is 1. The Bertz CT molecular complexity index is 785. The number of nitrogen functional groups attached to an aromatic ring is 1. The molecular weight excluding hydrogens is 265 g/mol. The van der Waals surface area contributed by atoms with Crippen molar-refractivity contribution in [1.82, 2.24) is 9.78 Å². The fraction of sp³-hybridized carbons (Fsp3) is 0.118. The van der Waals surface area contributed by atoms with E-state index < -0.39 is 0 Å². The standard InChI is InChI=1S/C17H16FN3/c1-11-6-12(2)8-15(7-11)21-10-16(19)17(20-21)13-4-3-5-14(18)9-13/h3-10H,19H2,1-2H3. The van der Waals surface area contributed by atoms with Crippen LogP contribution in [0.5, 0.6) is 0 Å². The quantitative estimate of drug-likeness (QED) is 0.774. The minimum absolute atomic E-state index is 0.298. The molecule has 3 aromatic rings. The van der Waals surface area contributed by atoms with Crippen LogP contribution < -0.4 is 5.73 Å². The Kier molecular flexibility index (Phi) is 3.22. The molecule has 0 unspecified atom stereocenters. The van der Waals surface area contributed by atoms with Crippen molar-refractivity contribution in [2.45, 2.75) is 13.8 Å². The van der Waals surface area contributed by atoms with Gasteiger partial charge in [0.2, 0.25) is 0 Å². The van der Waals surface area contributed by atoms with Crippen LogP contribution in [0, 0.1) is 19.7 Å². The molecule has 106 valence electrons. The summed E-state index contributed by atoms with van der Waals surface area (Å²) in [6.45, 7) is 4.08. The molecule has 2 N–H and O–H groups in total. The maximum Gasteiger partial charge on any atom is 0.123 e. The molecule has 0 aliphatic heterocycles. The van der Waals surface area contributed by atoms with Crippen LogP contribution in [0.25, 0.3) is 16.9 Å². The van der Waals surface area contributed by atoms with Gasteiger partial charge in [0, 0.05) is 5.56 Å². The van der Waals surface area contributed by atoms with Crippen LogP contribution in [-0.4, -0.2) is 9.78 Å². The van der Waals surface area contributed by atoms with Gasteiger partial charge < -0.3 is 5.73 Å². The molecule has 1 heterocycles. The summed E-state index contributed by atoms with van der Waals surface area (Å²) in [5.41, 5.74) is 11.1. The lowest BCUT2D eigenvalue weighted by molar-refractivity contribution is 0.628. The summed E-state index contributed by atoms with van der Waals surface area (Å²) in [6, 6.07) is 12.5. The third-order valence-electron chi connectivity index (χ3n) is 3.31. The molecule has 0 atom stereocenters. The summed E-state index contributed by atoms with van der Waals surface area (Å²) in [5, 5.41) is 4.50. The molecule has 0 radical (unpaired) electrons. The van der Waals surface area contributed by atoms with Crippen molar-refractivity contribution >= 4 is 5.69 Å². The van der Waals surface area contributed by atoms with E-state index in [4.69, 9.17) is 5.73 Å². The summed E-state index contributed by atoms with van der Waals surface area (Å²) in [6.07, 6.45) is 1.76. The molecule has 0 saturated carbocycles. The lowest BCUT2D eigenvalue weighted by Crippen LogP contribution is -1.96. The Morgan fingerprint density at radius 3 is 2.43 bits per heavy atom. The number of halogens is 1. The van der Waals surface area contributed by atoms with Crippen LogP contribution in [-0.2, 0) is 0 Å². The van der Waals surface area contributed by atoms with E-state index in [9.17, 15) is 4.39 Å². The van der Waals surface area contributed by atoms with Gasteiger partial charge >= 0.3 is 0 Å². The van der Waals surface area contributed by atoms with Gasteiger partial charge in [-0.3, -0.25) is 0 Å². The third-order valence-corrected chi connectivity index (χ3v) is 3.31. The van der Waals surface area contributed by atoms with Gasteiger partial charge in [0.25, 0.3) is 0 Å². The highest BCUT2D eigenvalue weighted by Crippen LogP contribution is 2.26. The average Bonchev–Trinajstić information content (AvgIpc) is 2.80. The van der Waals surface area contributed by atoms with Crippen molar-refractivity contribution in [2.75, 3.05) is 5.73 Å². The Hall–Kier alpha value is -2.62. The zero-order valence-corrected chi connectivity index (χ0v) is 12.0. The fourth-order valence-electron chi connectivity index (χ4n) is 2.46. The van der Waals surface area contributed by atoms with Crippen molar-refractivity contribution in [2.24, 2.45) is 0 Å². The van der Waals surface area contributed by atoms with Crippen LogP contribution >= 0.6 is 0 Å². The Morgan fingerprint density at radius 1 is 1.05 bits per heavy atom. The zero-order chi connectivity index (χ0) is 15.0. The van der Waals surface area contributed by atoms with Gasteiger partial charge in [0.15, 0.2) is 0 Å². The highest BCUT2D eigenvalue weighted by molar-refractivity contribution is 5.72. The fourth-order valence-corrected chi connectivity index (χ4v) is 2.46. The lowest BCUT2D eigenvalue weighted by Gasteiger charge is -2.04. The number of anilines is 1. The van der Waals surface area contributed by atoms with E-state index in [1.54, 1.807) is 23.0 Å². The van der Waals surface area contributed by atoms with Crippen molar-refractivity contribution in [1.29, 1.82) is 0 Å². The first kappa shape index (κ1) is 13.4. The summed E-state index contributed by atoms with van der Waals surface area (Å²) >= 11 is 0. The molecule has 3 nitrogen and oxygen atoms in total. The number of benzene rings is 2. The summed E-state index contributed by atoms with van der Waals surface area (Å²) in [7, 11) is 0. The molecule has 0 fully saturated rings. The molecule has 1 aromatic heterocycles. The first-order valence-corrected chi connectivity index (χ1v) is 6.73. The van der Waals surface area contributed by atoms with Crippen LogP contribution in [0.3, 0.4) is 0 Å². The maximum atomic E-state index is 13.3. The lowest BCUT2D eigenvalue weighted by atomic mass is 10.1. The zero-order valence-electron chi connectivity index (χ0n) is 12.0. The second-order valence-electron chi connectivity index (χ2n) is 5.23. The normalized spacial score (nSPS) is 10.8. The maximum absolute atomic E-state index is 13.3. The molecule has 0 bridgehead atoms. The average molecular weight is 281 g/mol. The van der Waals surface area contributed by atoms with E-state index in [1.165, 1.54) is 12.1 Å². The molecule has 2 aromatic carbocycles. The van der Waals surface area contributed by atoms with Crippen molar-refractivity contribution in [3.8, 4) is 16.9 Å². The van der Waals surface area contributed by atoms with Crippen LogP contribution in [0.2, 0.25) is 0 Å². The summed E-state index contributed by atoms with van der Waals surface area (Å²) < 4.78 is 15.1. The van der Waals surface area contributed by atoms with E-state index in [-0.39, 0.29) is 5.82 Å². The van der Waals surface area contributed by atoms with Gasteiger partial charge in [-0.1, -0.05) is 18.2 Å². The van der Waals surface area contributed by atoms with Crippen LogP contribution in [0.1, 0.15) is 11.1 Å². The molecule has 3 rings (SSSR count). The first-order valence-electron chi connectivity index (χ1n) is 6.73. The van der Waals surface area contributed by atoms with Crippen LogP contribution in [0.15, 0.2) is 48.7 Å². The van der Waals surface area contributed by atoms with Gasteiger partial charge in [-0.15, -0.1) is 0 Å².